The lowest BCUT2D eigenvalue weighted by molar-refractivity contribution is 0.578. The number of nitrogens with zero attached hydrogens (tertiary/aromatic N) is 1. The van der Waals surface area contributed by atoms with E-state index >= 15 is 0 Å². The number of fused-ring (bicyclic) bond motifs is 5. The highest BCUT2D eigenvalue weighted by Gasteiger charge is 2.30. The number of hydrogen-bond acceptors (Lipinski definition) is 2. The SMILES string of the molecule is C1=CC2c3c(oc4ccccc34)C=CC2C=C1c1ccc(N(c2ccccc2)c2ccc(-c3ccccc3)cc2)cc1. The zero-order chi connectivity index (χ0) is 27.9. The van der Waals surface area contributed by atoms with Crippen LogP contribution in [0.3, 0.4) is 0 Å². The van der Waals surface area contributed by atoms with Gasteiger partial charge in [0.1, 0.15) is 11.3 Å². The van der Waals surface area contributed by atoms with Crippen LogP contribution in [-0.2, 0) is 0 Å². The lowest BCUT2D eigenvalue weighted by Crippen LogP contribution is -2.13. The Balaban J connectivity index is 1.10. The fourth-order valence-corrected chi connectivity index (χ4v) is 6.37. The highest BCUT2D eigenvalue weighted by atomic mass is 16.3. The highest BCUT2D eigenvalue weighted by molar-refractivity contribution is 5.88. The molecule has 42 heavy (non-hydrogen) atoms. The maximum absolute atomic E-state index is 6.14. The van der Waals surface area contributed by atoms with Crippen LogP contribution < -0.4 is 4.90 Å². The van der Waals surface area contributed by atoms with Crippen LogP contribution in [0.15, 0.2) is 162 Å². The third-order valence-electron chi connectivity index (χ3n) is 8.44. The van der Waals surface area contributed by atoms with Crippen LogP contribution in [0.2, 0.25) is 0 Å². The first kappa shape index (κ1) is 24.5. The van der Waals surface area contributed by atoms with Gasteiger partial charge in [-0.15, -0.1) is 0 Å². The summed E-state index contributed by atoms with van der Waals surface area (Å²) in [7, 11) is 0. The Kier molecular flexibility index (Phi) is 5.97. The van der Waals surface area contributed by atoms with Crippen LogP contribution in [0.4, 0.5) is 17.1 Å². The van der Waals surface area contributed by atoms with Crippen molar-refractivity contribution in [1.82, 2.24) is 0 Å². The standard InChI is InChI=1S/C40H29NO/c1-3-9-28(10-4-1)29-15-21-34(22-16-29)41(33-11-5-2-6-12-33)35-23-17-30(18-24-35)31-19-25-36-32(27-31)20-26-39-40(36)37-13-7-8-14-38(37)42-39/h1-27,32,36H. The quantitative estimate of drug-likeness (QED) is 0.217. The van der Waals surface area contributed by atoms with Gasteiger partial charge >= 0.3 is 0 Å². The van der Waals surface area contributed by atoms with Crippen LogP contribution in [-0.4, -0.2) is 0 Å². The molecule has 6 aromatic rings. The minimum Gasteiger partial charge on any atom is -0.456 e. The summed E-state index contributed by atoms with van der Waals surface area (Å²) in [4.78, 5) is 2.31. The molecule has 200 valence electrons. The van der Waals surface area contributed by atoms with E-state index in [1.165, 1.54) is 33.2 Å². The molecule has 0 N–H and O–H groups in total. The number of benzene rings is 5. The van der Waals surface area contributed by atoms with Crippen molar-refractivity contribution in [2.75, 3.05) is 4.90 Å². The van der Waals surface area contributed by atoms with Gasteiger partial charge in [-0.1, -0.05) is 115 Å². The van der Waals surface area contributed by atoms with Crippen LogP contribution in [0.5, 0.6) is 0 Å². The number of para-hydroxylation sites is 2. The van der Waals surface area contributed by atoms with Crippen molar-refractivity contribution < 1.29 is 4.42 Å². The van der Waals surface area contributed by atoms with Gasteiger partial charge in [0.25, 0.3) is 0 Å². The Morgan fingerprint density at radius 3 is 1.83 bits per heavy atom. The molecule has 0 bridgehead atoms. The van der Waals surface area contributed by atoms with Crippen molar-refractivity contribution in [3.05, 3.63) is 175 Å². The molecule has 0 spiro atoms. The summed E-state index contributed by atoms with van der Waals surface area (Å²) in [6.07, 6.45) is 11.5. The molecule has 0 aliphatic heterocycles. The Morgan fingerprint density at radius 1 is 0.500 bits per heavy atom. The molecule has 2 unspecified atom stereocenters. The maximum Gasteiger partial charge on any atom is 0.135 e. The zero-order valence-corrected chi connectivity index (χ0v) is 23.1. The van der Waals surface area contributed by atoms with E-state index < -0.39 is 0 Å². The topological polar surface area (TPSA) is 16.4 Å². The van der Waals surface area contributed by atoms with E-state index in [1.807, 2.05) is 6.07 Å². The molecular formula is C40H29NO. The van der Waals surface area contributed by atoms with E-state index in [1.54, 1.807) is 0 Å². The molecule has 0 fully saturated rings. The molecule has 2 atom stereocenters. The molecule has 5 aromatic carbocycles. The van der Waals surface area contributed by atoms with Gasteiger partial charge in [-0.2, -0.15) is 0 Å². The average Bonchev–Trinajstić information content (AvgIpc) is 3.45. The molecule has 2 nitrogen and oxygen atoms in total. The average molecular weight is 540 g/mol. The minimum atomic E-state index is 0.295. The van der Waals surface area contributed by atoms with Crippen LogP contribution in [0.25, 0.3) is 33.7 Å². The monoisotopic (exact) mass is 539 g/mol. The van der Waals surface area contributed by atoms with Gasteiger partial charge in [0, 0.05) is 39.8 Å². The Hall–Kier alpha value is -5.34. The third kappa shape index (κ3) is 4.29. The first-order chi connectivity index (χ1) is 20.8. The summed E-state index contributed by atoms with van der Waals surface area (Å²) in [5.41, 5.74) is 10.6. The molecule has 8 rings (SSSR count). The molecule has 2 heteroatoms. The Morgan fingerprint density at radius 2 is 1.10 bits per heavy atom. The second kappa shape index (κ2) is 10.2. The predicted molar refractivity (Wildman–Crippen MR) is 175 cm³/mol. The van der Waals surface area contributed by atoms with E-state index in [-0.39, 0.29) is 0 Å². The normalized spacial score (nSPS) is 17.0. The molecule has 0 saturated carbocycles. The molecule has 0 radical (unpaired) electrons. The maximum atomic E-state index is 6.14. The fourth-order valence-electron chi connectivity index (χ4n) is 6.37. The number of anilines is 3. The van der Waals surface area contributed by atoms with E-state index in [0.29, 0.717) is 11.8 Å². The van der Waals surface area contributed by atoms with Crippen molar-refractivity contribution in [2.24, 2.45) is 5.92 Å². The number of allylic oxidation sites excluding steroid dienone is 5. The van der Waals surface area contributed by atoms with Gasteiger partial charge in [-0.05, 0) is 70.8 Å². The van der Waals surface area contributed by atoms with Crippen molar-refractivity contribution in [3.63, 3.8) is 0 Å². The second-order valence-electron chi connectivity index (χ2n) is 11.0. The van der Waals surface area contributed by atoms with E-state index in [9.17, 15) is 0 Å². The van der Waals surface area contributed by atoms with Crippen molar-refractivity contribution in [2.45, 2.75) is 5.92 Å². The first-order valence-electron chi connectivity index (χ1n) is 14.5. The van der Waals surface area contributed by atoms with E-state index in [0.717, 1.165) is 28.4 Å². The minimum absolute atomic E-state index is 0.295. The Bertz CT molecular complexity index is 1960. The fraction of sp³-hybridized carbons (Fsp3) is 0.0500. The molecule has 1 aromatic heterocycles. The van der Waals surface area contributed by atoms with Crippen molar-refractivity contribution in [3.8, 4) is 11.1 Å². The number of furan rings is 1. The molecule has 2 aliphatic rings. The van der Waals surface area contributed by atoms with E-state index in [4.69, 9.17) is 4.42 Å². The number of hydrogen-bond donors (Lipinski definition) is 0. The summed E-state index contributed by atoms with van der Waals surface area (Å²) in [5, 5.41) is 1.22. The lowest BCUT2D eigenvalue weighted by Gasteiger charge is -2.28. The summed E-state index contributed by atoms with van der Waals surface area (Å²) < 4.78 is 6.14. The van der Waals surface area contributed by atoms with Gasteiger partial charge < -0.3 is 9.32 Å². The first-order valence-corrected chi connectivity index (χ1v) is 14.5. The second-order valence-corrected chi connectivity index (χ2v) is 11.0. The number of rotatable bonds is 5. The smallest absolute Gasteiger partial charge is 0.135 e. The van der Waals surface area contributed by atoms with Crippen molar-refractivity contribution in [1.29, 1.82) is 0 Å². The molecule has 2 aliphatic carbocycles. The van der Waals surface area contributed by atoms with Gasteiger partial charge in [0.15, 0.2) is 0 Å². The summed E-state index contributed by atoms with van der Waals surface area (Å²) >= 11 is 0. The van der Waals surface area contributed by atoms with Gasteiger partial charge in [0.2, 0.25) is 0 Å². The van der Waals surface area contributed by atoms with E-state index in [2.05, 4.69) is 163 Å². The predicted octanol–water partition coefficient (Wildman–Crippen LogP) is 10.9. The van der Waals surface area contributed by atoms with Gasteiger partial charge in [-0.25, -0.2) is 0 Å². The summed E-state index contributed by atoms with van der Waals surface area (Å²) in [5.74, 6) is 1.59. The molecular weight excluding hydrogens is 510 g/mol. The largest absolute Gasteiger partial charge is 0.456 e. The van der Waals surface area contributed by atoms with Gasteiger partial charge in [0.05, 0.1) is 0 Å². The summed E-state index contributed by atoms with van der Waals surface area (Å²) in [6, 6.07) is 47.2. The van der Waals surface area contributed by atoms with Gasteiger partial charge in [-0.3, -0.25) is 0 Å². The summed E-state index contributed by atoms with van der Waals surface area (Å²) in [6.45, 7) is 0. The molecule has 1 heterocycles. The van der Waals surface area contributed by atoms with Crippen LogP contribution >= 0.6 is 0 Å². The lowest BCUT2D eigenvalue weighted by atomic mass is 9.76. The third-order valence-corrected chi connectivity index (χ3v) is 8.44. The van der Waals surface area contributed by atoms with Crippen molar-refractivity contribution >= 4 is 39.7 Å². The highest BCUT2D eigenvalue weighted by Crippen LogP contribution is 2.45. The molecule has 0 saturated heterocycles. The molecule has 0 amide bonds. The zero-order valence-electron chi connectivity index (χ0n) is 23.1. The Labute approximate surface area is 246 Å². The van der Waals surface area contributed by atoms with Crippen LogP contribution in [0.1, 0.15) is 22.8 Å². The van der Waals surface area contributed by atoms with Crippen LogP contribution in [0, 0.1) is 5.92 Å².